The van der Waals surface area contributed by atoms with Crippen LogP contribution in [0.3, 0.4) is 0 Å². The minimum Gasteiger partial charge on any atom is -0.364 e. The van der Waals surface area contributed by atoms with Crippen molar-refractivity contribution in [2.24, 2.45) is 0 Å². The molecule has 0 radical (unpaired) electrons. The smallest absolute Gasteiger partial charge is 0.364 e. The molecule has 1 aromatic carbocycles. The van der Waals surface area contributed by atoms with Crippen LogP contribution < -0.4 is 5.32 Å². The summed E-state index contributed by atoms with van der Waals surface area (Å²) in [6.07, 6.45) is -3.25. The molecule has 0 saturated carbocycles. The normalized spacial score (nSPS) is 12.7. The first-order chi connectivity index (χ1) is 10.3. The predicted molar refractivity (Wildman–Crippen MR) is 74.4 cm³/mol. The Morgan fingerprint density at radius 2 is 1.82 bits per heavy atom. The lowest BCUT2D eigenvalue weighted by atomic mass is 10.1. The molecule has 0 amide bonds. The van der Waals surface area contributed by atoms with E-state index in [2.05, 4.69) is 10.3 Å². The largest absolute Gasteiger partial charge is 0.416 e. The molecular formula is C14H12F3N3O2. The van der Waals surface area contributed by atoms with Gasteiger partial charge in [-0.2, -0.15) is 13.2 Å². The van der Waals surface area contributed by atoms with E-state index in [-0.39, 0.29) is 11.7 Å². The minimum absolute atomic E-state index is 0.132. The molecule has 0 fully saturated rings. The van der Waals surface area contributed by atoms with Crippen molar-refractivity contribution >= 4 is 11.5 Å². The van der Waals surface area contributed by atoms with E-state index in [0.29, 0.717) is 11.4 Å². The zero-order chi connectivity index (χ0) is 16.3. The van der Waals surface area contributed by atoms with Crippen molar-refractivity contribution in [3.8, 4) is 0 Å². The van der Waals surface area contributed by atoms with Gasteiger partial charge in [0, 0.05) is 12.1 Å². The van der Waals surface area contributed by atoms with Gasteiger partial charge >= 0.3 is 6.18 Å². The second-order valence-electron chi connectivity index (χ2n) is 4.64. The molecule has 0 aliphatic carbocycles. The molecule has 5 nitrogen and oxygen atoms in total. The van der Waals surface area contributed by atoms with E-state index in [0.717, 1.165) is 18.3 Å². The van der Waals surface area contributed by atoms with Gasteiger partial charge in [0.25, 0.3) is 5.69 Å². The predicted octanol–water partition coefficient (Wildman–Crippen LogP) is 4.18. The molecular weight excluding hydrogens is 299 g/mol. The molecule has 2 aromatic rings. The maximum atomic E-state index is 12.5. The molecule has 2 rings (SSSR count). The van der Waals surface area contributed by atoms with Crippen molar-refractivity contribution < 1.29 is 18.1 Å². The summed E-state index contributed by atoms with van der Waals surface area (Å²) >= 11 is 0. The summed E-state index contributed by atoms with van der Waals surface area (Å²) in [4.78, 5) is 13.9. The van der Waals surface area contributed by atoms with Gasteiger partial charge < -0.3 is 5.32 Å². The quantitative estimate of drug-likeness (QED) is 0.679. The molecule has 0 unspecified atom stereocenters. The second kappa shape index (κ2) is 6.00. The van der Waals surface area contributed by atoms with Crippen LogP contribution in [0.25, 0.3) is 0 Å². The lowest BCUT2D eigenvalue weighted by Crippen LogP contribution is -2.09. The summed E-state index contributed by atoms with van der Waals surface area (Å²) in [6, 6.07) is 7.23. The summed E-state index contributed by atoms with van der Waals surface area (Å²) in [6.45, 7) is 1.76. The van der Waals surface area contributed by atoms with Crippen LogP contribution in [0.4, 0.5) is 24.7 Å². The molecule has 1 atom stereocenters. The highest BCUT2D eigenvalue weighted by atomic mass is 19.4. The van der Waals surface area contributed by atoms with Gasteiger partial charge in [-0.15, -0.1) is 0 Å². The number of pyridine rings is 1. The van der Waals surface area contributed by atoms with Gasteiger partial charge in [-0.3, -0.25) is 10.1 Å². The monoisotopic (exact) mass is 311 g/mol. The molecule has 22 heavy (non-hydrogen) atoms. The van der Waals surface area contributed by atoms with Gasteiger partial charge in [-0.1, -0.05) is 12.1 Å². The number of nitrogens with one attached hydrogen (secondary N) is 1. The molecule has 8 heteroatoms. The average Bonchev–Trinajstić information content (AvgIpc) is 2.47. The number of halogens is 3. The highest BCUT2D eigenvalue weighted by Crippen LogP contribution is 2.30. The van der Waals surface area contributed by atoms with Crippen LogP contribution in [0.2, 0.25) is 0 Å². The number of hydrogen-bond acceptors (Lipinski definition) is 4. The van der Waals surface area contributed by atoms with Crippen molar-refractivity contribution in [2.75, 3.05) is 5.32 Å². The number of nitrogens with zero attached hydrogens (tertiary/aromatic N) is 2. The number of benzene rings is 1. The van der Waals surface area contributed by atoms with Gasteiger partial charge in [0.05, 0.1) is 10.5 Å². The van der Waals surface area contributed by atoms with Crippen molar-refractivity contribution in [2.45, 2.75) is 19.1 Å². The third-order valence-corrected chi connectivity index (χ3v) is 3.06. The van der Waals surface area contributed by atoms with Crippen LogP contribution >= 0.6 is 0 Å². The molecule has 0 spiro atoms. The zero-order valence-corrected chi connectivity index (χ0v) is 11.5. The van der Waals surface area contributed by atoms with Gasteiger partial charge in [0.1, 0.15) is 12.0 Å². The number of rotatable bonds is 4. The number of anilines is 1. The van der Waals surface area contributed by atoms with Gasteiger partial charge in [-0.05, 0) is 30.7 Å². The first-order valence-corrected chi connectivity index (χ1v) is 6.31. The van der Waals surface area contributed by atoms with E-state index >= 15 is 0 Å². The first kappa shape index (κ1) is 15.7. The van der Waals surface area contributed by atoms with Crippen molar-refractivity contribution in [3.05, 3.63) is 63.8 Å². The molecule has 116 valence electrons. The Labute approximate surface area is 124 Å². The molecule has 0 aliphatic rings. The summed E-state index contributed by atoms with van der Waals surface area (Å²) in [7, 11) is 0. The van der Waals surface area contributed by atoms with Crippen LogP contribution in [-0.2, 0) is 6.18 Å². The molecule has 1 heterocycles. The van der Waals surface area contributed by atoms with Crippen molar-refractivity contribution in [3.63, 3.8) is 0 Å². The van der Waals surface area contributed by atoms with Crippen molar-refractivity contribution in [1.29, 1.82) is 0 Å². The van der Waals surface area contributed by atoms with Crippen LogP contribution in [0.15, 0.2) is 42.6 Å². The fourth-order valence-electron chi connectivity index (χ4n) is 1.85. The maximum absolute atomic E-state index is 12.5. The Kier molecular flexibility index (Phi) is 4.30. The van der Waals surface area contributed by atoms with E-state index in [9.17, 15) is 23.3 Å². The summed E-state index contributed by atoms with van der Waals surface area (Å²) in [5.41, 5.74) is -0.196. The highest BCUT2D eigenvalue weighted by Gasteiger charge is 2.30. The molecule has 0 aliphatic heterocycles. The van der Waals surface area contributed by atoms with E-state index in [1.807, 2.05) is 0 Å². The third-order valence-electron chi connectivity index (χ3n) is 3.06. The Morgan fingerprint density at radius 1 is 1.18 bits per heavy atom. The SMILES string of the molecule is C[C@@H](Nc1ccc([N+](=O)[O-])cn1)c1ccc(C(F)(F)F)cc1. The Balaban J connectivity index is 2.08. The lowest BCUT2D eigenvalue weighted by molar-refractivity contribution is -0.385. The highest BCUT2D eigenvalue weighted by molar-refractivity contribution is 5.42. The number of aromatic nitrogens is 1. The van der Waals surface area contributed by atoms with Crippen LogP contribution in [0, 0.1) is 10.1 Å². The topological polar surface area (TPSA) is 68.1 Å². The minimum atomic E-state index is -4.37. The van der Waals surface area contributed by atoms with Crippen LogP contribution in [-0.4, -0.2) is 9.91 Å². The Hall–Kier alpha value is -2.64. The summed E-state index contributed by atoms with van der Waals surface area (Å²) in [5, 5.41) is 13.5. The zero-order valence-electron chi connectivity index (χ0n) is 11.5. The number of nitro groups is 1. The first-order valence-electron chi connectivity index (χ1n) is 6.31. The summed E-state index contributed by atoms with van der Waals surface area (Å²) < 4.78 is 37.5. The molecule has 0 saturated heterocycles. The van der Waals surface area contributed by atoms with Gasteiger partial charge in [0.15, 0.2) is 0 Å². The average molecular weight is 311 g/mol. The van der Waals surface area contributed by atoms with Crippen LogP contribution in [0.1, 0.15) is 24.1 Å². The Bertz CT molecular complexity index is 655. The maximum Gasteiger partial charge on any atom is 0.416 e. The van der Waals surface area contributed by atoms with Crippen LogP contribution in [0.5, 0.6) is 0 Å². The molecule has 0 bridgehead atoms. The van der Waals surface area contributed by atoms with E-state index < -0.39 is 16.7 Å². The fraction of sp³-hybridized carbons (Fsp3) is 0.214. The fourth-order valence-corrected chi connectivity index (χ4v) is 1.85. The number of alkyl halides is 3. The standard InChI is InChI=1S/C14H12F3N3O2/c1-9(10-2-4-11(5-3-10)14(15,16)17)19-13-7-6-12(8-18-13)20(21)22/h2-9H,1H3,(H,18,19)/t9-/m1/s1. The van der Waals surface area contributed by atoms with Gasteiger partial charge in [0.2, 0.25) is 0 Å². The van der Waals surface area contributed by atoms with Gasteiger partial charge in [-0.25, -0.2) is 4.98 Å². The Morgan fingerprint density at radius 3 is 2.27 bits per heavy atom. The number of hydrogen-bond donors (Lipinski definition) is 1. The third kappa shape index (κ3) is 3.72. The van der Waals surface area contributed by atoms with E-state index in [1.54, 1.807) is 6.92 Å². The van der Waals surface area contributed by atoms with E-state index in [4.69, 9.17) is 0 Å². The van der Waals surface area contributed by atoms with Crippen molar-refractivity contribution in [1.82, 2.24) is 4.98 Å². The molecule has 1 aromatic heterocycles. The summed E-state index contributed by atoms with van der Waals surface area (Å²) in [5.74, 6) is 0.401. The second-order valence-corrected chi connectivity index (χ2v) is 4.64. The molecule has 1 N–H and O–H groups in total. The van der Waals surface area contributed by atoms with E-state index in [1.165, 1.54) is 24.3 Å². The lowest BCUT2D eigenvalue weighted by Gasteiger charge is -2.15.